The van der Waals surface area contributed by atoms with E-state index in [1.165, 1.54) is 7.11 Å². The van der Waals surface area contributed by atoms with Crippen LogP contribution in [-0.2, 0) is 19.0 Å². The van der Waals surface area contributed by atoms with Crippen LogP contribution in [0.3, 0.4) is 0 Å². The van der Waals surface area contributed by atoms with Crippen molar-refractivity contribution in [2.24, 2.45) is 11.3 Å². The van der Waals surface area contributed by atoms with Crippen molar-refractivity contribution in [3.05, 3.63) is 0 Å². The van der Waals surface area contributed by atoms with Gasteiger partial charge in [0.2, 0.25) is 0 Å². The average molecular weight is 252 g/mol. The minimum absolute atomic E-state index is 0.0320. The quantitative estimate of drug-likeness (QED) is 0.554. The monoisotopic (exact) mass is 252 g/mol. The highest BCUT2D eigenvalue weighted by Gasteiger charge is 2.61. The van der Waals surface area contributed by atoms with Crippen LogP contribution in [0, 0.1) is 11.3 Å². The van der Waals surface area contributed by atoms with E-state index in [0.717, 1.165) is 38.5 Å². The van der Waals surface area contributed by atoms with E-state index in [-0.39, 0.29) is 17.5 Å². The van der Waals surface area contributed by atoms with Crippen LogP contribution in [0.5, 0.6) is 0 Å². The molecular weight excluding hydrogens is 232 g/mol. The van der Waals surface area contributed by atoms with Crippen molar-refractivity contribution in [3.8, 4) is 0 Å². The normalized spacial score (nSPS) is 53.1. The fourth-order valence-corrected chi connectivity index (χ4v) is 4.47. The minimum Gasteiger partial charge on any atom is -0.469 e. The van der Waals surface area contributed by atoms with Crippen LogP contribution in [0.2, 0.25) is 0 Å². The molecule has 0 aromatic carbocycles. The molecule has 5 rings (SSSR count). The Hall–Kier alpha value is -0.610. The first-order valence-corrected chi connectivity index (χ1v) is 7.12. The highest BCUT2D eigenvalue weighted by Crippen LogP contribution is 2.57. The lowest BCUT2D eigenvalue weighted by molar-refractivity contribution is -0.220. The third kappa shape index (κ3) is 1.42. The van der Waals surface area contributed by atoms with Gasteiger partial charge in [-0.3, -0.25) is 4.79 Å². The van der Waals surface area contributed by atoms with Gasteiger partial charge < -0.3 is 14.2 Å². The highest BCUT2D eigenvalue weighted by molar-refractivity contribution is 5.77. The Morgan fingerprint density at radius 3 is 2.61 bits per heavy atom. The van der Waals surface area contributed by atoms with E-state index >= 15 is 0 Å². The van der Waals surface area contributed by atoms with Crippen molar-refractivity contribution in [2.75, 3.05) is 7.11 Å². The van der Waals surface area contributed by atoms with Gasteiger partial charge in [0.1, 0.15) is 0 Å². The Balaban J connectivity index is 1.63. The molecular formula is C14H20O4. The SMILES string of the molecule is COC(=O)C1(C2CCC3CC2O3)CCC2OC2C1. The first kappa shape index (κ1) is 11.2. The predicted octanol–water partition coefficient (Wildman–Crippen LogP) is 1.66. The van der Waals surface area contributed by atoms with Gasteiger partial charge in [0.25, 0.3) is 0 Å². The molecule has 3 saturated heterocycles. The van der Waals surface area contributed by atoms with Crippen LogP contribution in [0.15, 0.2) is 0 Å². The molecule has 100 valence electrons. The van der Waals surface area contributed by atoms with Crippen molar-refractivity contribution in [3.63, 3.8) is 0 Å². The zero-order chi connectivity index (χ0) is 12.3. The number of carbonyl (C=O) groups is 1. The van der Waals surface area contributed by atoms with E-state index < -0.39 is 0 Å². The van der Waals surface area contributed by atoms with Gasteiger partial charge in [-0.2, -0.15) is 0 Å². The van der Waals surface area contributed by atoms with Crippen LogP contribution in [0.1, 0.15) is 38.5 Å². The number of esters is 1. The number of epoxide rings is 1. The molecule has 2 aliphatic carbocycles. The standard InChI is InChI=1S/C14H20O4/c1-16-13(15)14(5-4-10-12(7-14)18-10)9-3-2-8-6-11(9)17-8/h8-12H,2-7H2,1H3. The molecule has 0 aromatic heterocycles. The maximum absolute atomic E-state index is 12.4. The summed E-state index contributed by atoms with van der Waals surface area (Å²) in [6, 6.07) is 0. The molecule has 2 saturated carbocycles. The maximum atomic E-state index is 12.4. The summed E-state index contributed by atoms with van der Waals surface area (Å²) < 4.78 is 16.6. The van der Waals surface area contributed by atoms with Crippen molar-refractivity contribution in [1.82, 2.24) is 0 Å². The first-order chi connectivity index (χ1) is 8.73. The third-order valence-corrected chi connectivity index (χ3v) is 5.54. The van der Waals surface area contributed by atoms with Crippen molar-refractivity contribution >= 4 is 5.97 Å². The molecule has 3 heterocycles. The second-order valence-corrected chi connectivity index (χ2v) is 6.32. The zero-order valence-corrected chi connectivity index (χ0v) is 10.8. The second kappa shape index (κ2) is 3.70. The number of fused-ring (bicyclic) bond motifs is 3. The molecule has 0 amide bonds. The van der Waals surface area contributed by atoms with Gasteiger partial charge in [-0.1, -0.05) is 0 Å². The molecule has 6 atom stereocenters. The average Bonchev–Trinajstić information content (AvgIpc) is 3.14. The van der Waals surface area contributed by atoms with Gasteiger partial charge in [-0.15, -0.1) is 0 Å². The summed E-state index contributed by atoms with van der Waals surface area (Å²) in [6.07, 6.45) is 7.60. The molecule has 4 nitrogen and oxygen atoms in total. The van der Waals surface area contributed by atoms with Crippen LogP contribution in [0.4, 0.5) is 0 Å². The van der Waals surface area contributed by atoms with Gasteiger partial charge in [0.15, 0.2) is 0 Å². The summed E-state index contributed by atoms with van der Waals surface area (Å²) in [7, 11) is 1.51. The number of ether oxygens (including phenoxy) is 3. The van der Waals surface area contributed by atoms with E-state index in [1.807, 2.05) is 0 Å². The number of rotatable bonds is 2. The predicted molar refractivity (Wildman–Crippen MR) is 63.0 cm³/mol. The largest absolute Gasteiger partial charge is 0.469 e. The fourth-order valence-electron chi connectivity index (χ4n) is 4.47. The van der Waals surface area contributed by atoms with Gasteiger partial charge in [0.05, 0.1) is 36.9 Å². The Kier molecular flexibility index (Phi) is 2.31. The summed E-state index contributed by atoms with van der Waals surface area (Å²) in [5.41, 5.74) is -0.331. The summed E-state index contributed by atoms with van der Waals surface area (Å²) in [6.45, 7) is 0. The van der Waals surface area contributed by atoms with E-state index in [1.54, 1.807) is 0 Å². The van der Waals surface area contributed by atoms with E-state index in [9.17, 15) is 4.79 Å². The molecule has 0 radical (unpaired) electrons. The molecule has 0 aromatic rings. The lowest BCUT2D eigenvalue weighted by Gasteiger charge is -2.53. The van der Waals surface area contributed by atoms with Crippen LogP contribution >= 0.6 is 0 Å². The number of hydrogen-bond acceptors (Lipinski definition) is 4. The third-order valence-electron chi connectivity index (χ3n) is 5.54. The highest BCUT2D eigenvalue weighted by atomic mass is 16.6. The van der Waals surface area contributed by atoms with Gasteiger partial charge in [-0.05, 0) is 32.1 Å². The summed E-state index contributed by atoms with van der Waals surface area (Å²) >= 11 is 0. The molecule has 2 bridgehead atoms. The Morgan fingerprint density at radius 2 is 2.00 bits per heavy atom. The molecule has 0 spiro atoms. The molecule has 5 aliphatic rings. The minimum atomic E-state index is -0.331. The second-order valence-electron chi connectivity index (χ2n) is 6.32. The number of methoxy groups -OCH3 is 1. The van der Waals surface area contributed by atoms with Crippen molar-refractivity contribution in [2.45, 2.75) is 62.9 Å². The lowest BCUT2D eigenvalue weighted by Crippen LogP contribution is -2.57. The Labute approximate surface area is 107 Å². The van der Waals surface area contributed by atoms with Crippen LogP contribution < -0.4 is 0 Å². The molecule has 18 heavy (non-hydrogen) atoms. The van der Waals surface area contributed by atoms with Crippen molar-refractivity contribution < 1.29 is 19.0 Å². The van der Waals surface area contributed by atoms with E-state index in [4.69, 9.17) is 14.2 Å². The summed E-state index contributed by atoms with van der Waals surface area (Å²) in [4.78, 5) is 12.4. The van der Waals surface area contributed by atoms with Crippen molar-refractivity contribution in [1.29, 1.82) is 0 Å². The molecule has 5 fully saturated rings. The number of carbonyl (C=O) groups excluding carboxylic acids is 1. The Bertz CT molecular complexity index is 373. The molecule has 4 heteroatoms. The van der Waals surface area contributed by atoms with Gasteiger partial charge in [0, 0.05) is 12.3 Å². The smallest absolute Gasteiger partial charge is 0.312 e. The molecule has 6 unspecified atom stereocenters. The summed E-state index contributed by atoms with van der Waals surface area (Å²) in [5, 5.41) is 0. The van der Waals surface area contributed by atoms with Gasteiger partial charge >= 0.3 is 5.97 Å². The zero-order valence-electron chi connectivity index (χ0n) is 10.8. The van der Waals surface area contributed by atoms with Crippen LogP contribution in [0.25, 0.3) is 0 Å². The number of hydrogen-bond donors (Lipinski definition) is 0. The topological polar surface area (TPSA) is 48.1 Å². The lowest BCUT2D eigenvalue weighted by atomic mass is 9.59. The molecule has 0 N–H and O–H groups in total. The Morgan fingerprint density at radius 1 is 1.17 bits per heavy atom. The maximum Gasteiger partial charge on any atom is 0.312 e. The summed E-state index contributed by atoms with van der Waals surface area (Å²) in [5.74, 6) is 0.315. The fraction of sp³-hybridized carbons (Fsp3) is 0.929. The van der Waals surface area contributed by atoms with Crippen LogP contribution in [-0.4, -0.2) is 37.5 Å². The first-order valence-electron chi connectivity index (χ1n) is 7.12. The van der Waals surface area contributed by atoms with E-state index in [0.29, 0.717) is 24.2 Å². The molecule has 3 aliphatic heterocycles. The van der Waals surface area contributed by atoms with Gasteiger partial charge in [-0.25, -0.2) is 0 Å². The van der Waals surface area contributed by atoms with E-state index in [2.05, 4.69) is 0 Å².